The molecule has 0 fully saturated rings. The second-order valence-electron chi connectivity index (χ2n) is 10.6. The number of rotatable bonds is 8. The highest BCUT2D eigenvalue weighted by molar-refractivity contribution is 6.00. The van der Waals surface area contributed by atoms with Gasteiger partial charge in [-0.1, -0.05) is 31.2 Å². The summed E-state index contributed by atoms with van der Waals surface area (Å²) < 4.78 is 2.12. The van der Waals surface area contributed by atoms with Crippen molar-refractivity contribution in [1.82, 2.24) is 25.2 Å². The van der Waals surface area contributed by atoms with Gasteiger partial charge >= 0.3 is 5.84 Å². The molecule has 3 aromatic heterocycles. The summed E-state index contributed by atoms with van der Waals surface area (Å²) in [5, 5.41) is 4.74. The zero-order chi connectivity index (χ0) is 31.5. The van der Waals surface area contributed by atoms with Gasteiger partial charge in [0.25, 0.3) is 11.8 Å². The van der Waals surface area contributed by atoms with E-state index in [2.05, 4.69) is 26.8 Å². The van der Waals surface area contributed by atoms with Crippen molar-refractivity contribution < 1.29 is 19.0 Å². The van der Waals surface area contributed by atoms with Gasteiger partial charge in [-0.15, -0.1) is 0 Å². The average molecular weight is 600 g/mol. The number of aliphatic imine (C=N–C) groups is 1. The first-order valence-electron chi connectivity index (χ1n) is 14.6. The summed E-state index contributed by atoms with van der Waals surface area (Å²) in [4.78, 5) is 56.1. The molecular weight excluding hydrogens is 568 g/mol. The van der Waals surface area contributed by atoms with Gasteiger partial charge in [-0.2, -0.15) is 4.58 Å². The summed E-state index contributed by atoms with van der Waals surface area (Å²) in [6, 6.07) is 16.5. The molecule has 6 rings (SSSR count). The van der Waals surface area contributed by atoms with E-state index < -0.39 is 5.91 Å². The number of amidine groups is 1. The number of fused-ring (bicyclic) bond motifs is 2. The molecule has 11 nitrogen and oxygen atoms in total. The van der Waals surface area contributed by atoms with Crippen LogP contribution in [0.4, 0.5) is 0 Å². The van der Waals surface area contributed by atoms with E-state index in [1.807, 2.05) is 42.7 Å². The van der Waals surface area contributed by atoms with Gasteiger partial charge in [-0.25, -0.2) is 4.98 Å². The lowest BCUT2D eigenvalue weighted by Crippen LogP contribution is -2.41. The number of aromatic nitrogens is 3. The number of carbonyl (C=O) groups excluding carboxylic acids is 3. The Morgan fingerprint density at radius 1 is 1.04 bits per heavy atom. The smallest absolute Gasteiger partial charge is 0.303 e. The van der Waals surface area contributed by atoms with Crippen molar-refractivity contribution in [2.24, 2.45) is 10.7 Å². The fourth-order valence-corrected chi connectivity index (χ4v) is 5.33. The molecule has 0 spiro atoms. The van der Waals surface area contributed by atoms with Crippen LogP contribution in [-0.4, -0.2) is 73.8 Å². The highest BCUT2D eigenvalue weighted by Gasteiger charge is 2.37. The average Bonchev–Trinajstić information content (AvgIpc) is 3.44. The number of carbonyl (C=O) groups is 3. The number of primary amides is 1. The van der Waals surface area contributed by atoms with E-state index in [1.165, 1.54) is 0 Å². The standard InChI is InChI=1S/C34H30N8O3/c1-3-31-40-32(30-20-41(21(2)43)15-16-42(30)31)25-10-4-7-22-17-29(38-19-26(22)25)23-12-13-28(37-18-23)34(45)36-14-6-9-24-8-5-11-27(39-24)33(35)44/h4-13,16-19H,3,14-15,20H2,1-2H3,(H2-,35,36,44,45)/p+1/b9-6+. The Bertz CT molecular complexity index is 1980. The van der Waals surface area contributed by atoms with Crippen molar-refractivity contribution in [1.29, 1.82) is 0 Å². The third-order valence-corrected chi connectivity index (χ3v) is 7.67. The van der Waals surface area contributed by atoms with Crippen LogP contribution in [0.25, 0.3) is 33.8 Å². The maximum atomic E-state index is 12.6. The Kier molecular flexibility index (Phi) is 8.06. The van der Waals surface area contributed by atoms with Crippen LogP contribution in [0.15, 0.2) is 83.8 Å². The Balaban J connectivity index is 1.18. The SMILES string of the molecule is CCC1=NC(c2cccc3cc(-c4ccc(C(=O)NC/C=C/c5cccc(C(N)=O)n5)nc4)ncc23)=C2CN(C(C)=O)CC=[N+]12. The molecule has 0 saturated heterocycles. The summed E-state index contributed by atoms with van der Waals surface area (Å²) in [6.07, 6.45) is 9.70. The summed E-state index contributed by atoms with van der Waals surface area (Å²) in [7, 11) is 0. The van der Waals surface area contributed by atoms with E-state index in [4.69, 9.17) is 15.7 Å². The van der Waals surface area contributed by atoms with Gasteiger partial charge in [-0.05, 0) is 52.9 Å². The molecule has 3 amide bonds. The topological polar surface area (TPSA) is 147 Å². The Hall–Kier alpha value is -5.84. The Labute approximate surface area is 259 Å². The van der Waals surface area contributed by atoms with Crippen molar-refractivity contribution in [2.75, 3.05) is 19.6 Å². The van der Waals surface area contributed by atoms with Gasteiger partial charge in [-0.3, -0.25) is 24.4 Å². The van der Waals surface area contributed by atoms with Gasteiger partial charge in [0.2, 0.25) is 11.6 Å². The van der Waals surface area contributed by atoms with Crippen molar-refractivity contribution in [2.45, 2.75) is 20.3 Å². The van der Waals surface area contributed by atoms with Gasteiger partial charge < -0.3 is 16.0 Å². The minimum Gasteiger partial charge on any atom is -0.364 e. The van der Waals surface area contributed by atoms with Gasteiger partial charge in [0.1, 0.15) is 11.4 Å². The molecule has 4 aromatic rings. The number of nitrogens with zero attached hydrogens (tertiary/aromatic N) is 6. The van der Waals surface area contributed by atoms with Crippen LogP contribution in [-0.2, 0) is 4.79 Å². The van der Waals surface area contributed by atoms with Gasteiger partial charge in [0.15, 0.2) is 5.70 Å². The summed E-state index contributed by atoms with van der Waals surface area (Å²) in [5.41, 5.74) is 10.6. The van der Waals surface area contributed by atoms with Crippen LogP contribution in [0, 0.1) is 0 Å². The molecule has 2 aliphatic heterocycles. The maximum absolute atomic E-state index is 12.6. The van der Waals surface area contributed by atoms with E-state index in [0.29, 0.717) is 18.8 Å². The summed E-state index contributed by atoms with van der Waals surface area (Å²) in [6.45, 7) is 4.98. The minimum atomic E-state index is -0.600. The molecule has 0 radical (unpaired) electrons. The second-order valence-corrected chi connectivity index (χ2v) is 10.6. The first kappa shape index (κ1) is 29.2. The van der Waals surface area contributed by atoms with Crippen molar-refractivity contribution in [3.63, 3.8) is 0 Å². The quantitative estimate of drug-likeness (QED) is 0.296. The molecule has 1 aromatic carbocycles. The molecule has 11 heteroatoms. The number of nitrogens with one attached hydrogen (secondary N) is 1. The van der Waals surface area contributed by atoms with E-state index in [-0.39, 0.29) is 29.7 Å². The molecule has 45 heavy (non-hydrogen) atoms. The molecule has 0 saturated carbocycles. The molecule has 2 aliphatic rings. The lowest BCUT2D eigenvalue weighted by molar-refractivity contribution is -0.351. The fourth-order valence-electron chi connectivity index (χ4n) is 5.33. The molecule has 224 valence electrons. The molecular formula is C34H31N8O3+. The van der Waals surface area contributed by atoms with E-state index >= 15 is 0 Å². The summed E-state index contributed by atoms with van der Waals surface area (Å²) in [5.74, 6) is 0.0689. The molecule has 5 heterocycles. The van der Waals surface area contributed by atoms with Crippen LogP contribution in [0.5, 0.6) is 0 Å². The Morgan fingerprint density at radius 3 is 2.64 bits per heavy atom. The lowest BCUT2D eigenvalue weighted by atomic mass is 10.0. The number of amides is 3. The lowest BCUT2D eigenvalue weighted by Gasteiger charge is -2.23. The normalized spacial score (nSPS) is 14.4. The molecule has 3 N–H and O–H groups in total. The maximum Gasteiger partial charge on any atom is 0.303 e. The monoisotopic (exact) mass is 599 g/mol. The number of benzene rings is 1. The van der Waals surface area contributed by atoms with Gasteiger partial charge in [0.05, 0.1) is 37.1 Å². The number of hydrogen-bond donors (Lipinski definition) is 2. The largest absolute Gasteiger partial charge is 0.364 e. The predicted octanol–water partition coefficient (Wildman–Crippen LogP) is 3.67. The summed E-state index contributed by atoms with van der Waals surface area (Å²) >= 11 is 0. The molecule has 0 bridgehead atoms. The highest BCUT2D eigenvalue weighted by Crippen LogP contribution is 2.34. The predicted molar refractivity (Wildman–Crippen MR) is 172 cm³/mol. The number of pyridine rings is 3. The fraction of sp³-hybridized carbons (Fsp3) is 0.176. The Morgan fingerprint density at radius 2 is 1.89 bits per heavy atom. The van der Waals surface area contributed by atoms with E-state index in [1.54, 1.807) is 54.4 Å². The van der Waals surface area contributed by atoms with Crippen LogP contribution >= 0.6 is 0 Å². The first-order chi connectivity index (χ1) is 21.8. The molecule has 0 aliphatic carbocycles. The first-order valence-corrected chi connectivity index (χ1v) is 14.6. The van der Waals surface area contributed by atoms with E-state index in [0.717, 1.165) is 51.2 Å². The molecule has 0 atom stereocenters. The number of hydrogen-bond acceptors (Lipinski definition) is 7. The van der Waals surface area contributed by atoms with Crippen LogP contribution < -0.4 is 11.1 Å². The molecule has 0 unspecified atom stereocenters. The van der Waals surface area contributed by atoms with Crippen LogP contribution in [0.1, 0.15) is 52.5 Å². The zero-order valence-electron chi connectivity index (χ0n) is 24.9. The third-order valence-electron chi connectivity index (χ3n) is 7.67. The number of nitrogens with two attached hydrogens (primary N) is 1. The van der Waals surface area contributed by atoms with Crippen LogP contribution in [0.2, 0.25) is 0 Å². The van der Waals surface area contributed by atoms with Gasteiger partial charge in [0, 0.05) is 42.4 Å². The van der Waals surface area contributed by atoms with Crippen molar-refractivity contribution in [3.8, 4) is 11.3 Å². The minimum absolute atomic E-state index is 0.0304. The van der Waals surface area contributed by atoms with Crippen molar-refractivity contribution in [3.05, 3.63) is 101 Å². The van der Waals surface area contributed by atoms with E-state index in [9.17, 15) is 14.4 Å². The zero-order valence-corrected chi connectivity index (χ0v) is 24.9. The third kappa shape index (κ3) is 6.00. The highest BCUT2D eigenvalue weighted by atomic mass is 16.2. The van der Waals surface area contributed by atoms with Crippen molar-refractivity contribution >= 4 is 52.3 Å². The second kappa shape index (κ2) is 12.4. The van der Waals surface area contributed by atoms with Crippen LogP contribution in [0.3, 0.4) is 0 Å².